The molecule has 2 aliphatic heterocycles. The van der Waals surface area contributed by atoms with Gasteiger partial charge in [0, 0.05) is 25.8 Å². The summed E-state index contributed by atoms with van der Waals surface area (Å²) < 4.78 is 8.13. The normalized spacial score (nSPS) is 30.1. The Bertz CT molecular complexity index is 366. The lowest BCUT2D eigenvalue weighted by atomic mass is 10.0. The highest BCUT2D eigenvalue weighted by Gasteiger charge is 2.23. The van der Waals surface area contributed by atoms with E-state index in [1.165, 1.54) is 30.8 Å². The van der Waals surface area contributed by atoms with Crippen molar-refractivity contribution in [1.82, 2.24) is 9.55 Å². The van der Waals surface area contributed by atoms with E-state index < -0.39 is 0 Å². The monoisotopic (exact) mass is 220 g/mol. The molecule has 1 fully saturated rings. The summed E-state index contributed by atoms with van der Waals surface area (Å²) in [6.45, 7) is 4.36. The van der Waals surface area contributed by atoms with Crippen molar-refractivity contribution in [3.05, 3.63) is 17.7 Å². The molecule has 0 spiro atoms. The van der Waals surface area contributed by atoms with Crippen molar-refractivity contribution in [2.75, 3.05) is 6.61 Å². The Morgan fingerprint density at radius 3 is 3.12 bits per heavy atom. The third kappa shape index (κ3) is 1.88. The average molecular weight is 220 g/mol. The standard InChI is InChI=1S/C13H20N2O/c1-10-5-6-13-14-11(9-15(13)8-10)12-4-2-3-7-16-12/h9-10,12H,2-8H2,1H3. The Morgan fingerprint density at radius 2 is 2.31 bits per heavy atom. The van der Waals surface area contributed by atoms with E-state index in [0.29, 0.717) is 0 Å². The average Bonchev–Trinajstić information content (AvgIpc) is 2.73. The first-order valence-electron chi connectivity index (χ1n) is 6.50. The van der Waals surface area contributed by atoms with Gasteiger partial charge in [0.2, 0.25) is 0 Å². The molecule has 1 saturated heterocycles. The zero-order valence-electron chi connectivity index (χ0n) is 9.98. The number of aryl methyl sites for hydroxylation is 1. The van der Waals surface area contributed by atoms with Gasteiger partial charge < -0.3 is 9.30 Å². The Hall–Kier alpha value is -0.830. The molecule has 0 aliphatic carbocycles. The minimum absolute atomic E-state index is 0.266. The first-order valence-corrected chi connectivity index (χ1v) is 6.50. The molecule has 88 valence electrons. The quantitative estimate of drug-likeness (QED) is 0.727. The molecule has 0 bridgehead atoms. The summed E-state index contributed by atoms with van der Waals surface area (Å²) in [5.74, 6) is 2.06. The van der Waals surface area contributed by atoms with Crippen molar-refractivity contribution in [2.24, 2.45) is 5.92 Å². The van der Waals surface area contributed by atoms with Gasteiger partial charge >= 0.3 is 0 Å². The van der Waals surface area contributed by atoms with Crippen LogP contribution in [0, 0.1) is 5.92 Å². The van der Waals surface area contributed by atoms with Crippen LogP contribution in [0.2, 0.25) is 0 Å². The molecule has 2 atom stereocenters. The predicted molar refractivity (Wildman–Crippen MR) is 62.3 cm³/mol. The summed E-state index contributed by atoms with van der Waals surface area (Å²) in [7, 11) is 0. The lowest BCUT2D eigenvalue weighted by Crippen LogP contribution is -2.17. The van der Waals surface area contributed by atoms with Crippen LogP contribution in [0.25, 0.3) is 0 Å². The summed E-state index contributed by atoms with van der Waals surface area (Å²) in [5.41, 5.74) is 1.17. The Balaban J connectivity index is 1.80. The molecule has 0 amide bonds. The maximum atomic E-state index is 5.79. The number of hydrogen-bond donors (Lipinski definition) is 0. The maximum Gasteiger partial charge on any atom is 0.109 e. The van der Waals surface area contributed by atoms with E-state index in [2.05, 4.69) is 17.7 Å². The van der Waals surface area contributed by atoms with E-state index in [9.17, 15) is 0 Å². The van der Waals surface area contributed by atoms with Crippen LogP contribution in [0.5, 0.6) is 0 Å². The van der Waals surface area contributed by atoms with Gasteiger partial charge in [0.1, 0.15) is 11.9 Å². The second kappa shape index (κ2) is 4.21. The maximum absolute atomic E-state index is 5.79. The summed E-state index contributed by atoms with van der Waals surface area (Å²) in [6, 6.07) is 0. The fourth-order valence-electron chi connectivity index (χ4n) is 2.77. The van der Waals surface area contributed by atoms with Crippen LogP contribution in [-0.2, 0) is 17.7 Å². The molecule has 3 heteroatoms. The van der Waals surface area contributed by atoms with Gasteiger partial charge in [0.15, 0.2) is 0 Å². The topological polar surface area (TPSA) is 27.1 Å². The van der Waals surface area contributed by atoms with Gasteiger partial charge in [0.25, 0.3) is 0 Å². The van der Waals surface area contributed by atoms with Gasteiger partial charge in [-0.25, -0.2) is 4.98 Å². The van der Waals surface area contributed by atoms with Crippen LogP contribution < -0.4 is 0 Å². The van der Waals surface area contributed by atoms with Crippen molar-refractivity contribution in [3.63, 3.8) is 0 Å². The first kappa shape index (κ1) is 10.3. The fraction of sp³-hybridized carbons (Fsp3) is 0.769. The third-order valence-corrected chi connectivity index (χ3v) is 3.76. The number of nitrogens with zero attached hydrogens (tertiary/aromatic N) is 2. The van der Waals surface area contributed by atoms with Crippen LogP contribution in [0.1, 0.15) is 50.2 Å². The van der Waals surface area contributed by atoms with E-state index >= 15 is 0 Å². The molecule has 2 aliphatic rings. The zero-order chi connectivity index (χ0) is 11.0. The van der Waals surface area contributed by atoms with Gasteiger partial charge in [-0.2, -0.15) is 0 Å². The molecular weight excluding hydrogens is 200 g/mol. The van der Waals surface area contributed by atoms with Gasteiger partial charge in [-0.15, -0.1) is 0 Å². The Labute approximate surface area is 96.8 Å². The molecule has 0 N–H and O–H groups in total. The summed E-state index contributed by atoms with van der Waals surface area (Å²) in [4.78, 5) is 4.75. The summed E-state index contributed by atoms with van der Waals surface area (Å²) in [6.07, 6.45) is 8.54. The van der Waals surface area contributed by atoms with E-state index in [1.807, 2.05) is 0 Å². The fourth-order valence-corrected chi connectivity index (χ4v) is 2.77. The molecule has 3 heterocycles. The van der Waals surface area contributed by atoms with Crippen molar-refractivity contribution in [1.29, 1.82) is 0 Å². The number of fused-ring (bicyclic) bond motifs is 1. The molecule has 16 heavy (non-hydrogen) atoms. The molecule has 0 saturated carbocycles. The van der Waals surface area contributed by atoms with Crippen LogP contribution in [0.3, 0.4) is 0 Å². The molecule has 0 radical (unpaired) electrons. The number of aromatic nitrogens is 2. The largest absolute Gasteiger partial charge is 0.372 e. The van der Waals surface area contributed by atoms with Crippen LogP contribution >= 0.6 is 0 Å². The van der Waals surface area contributed by atoms with Gasteiger partial charge in [-0.3, -0.25) is 0 Å². The van der Waals surface area contributed by atoms with E-state index in [1.54, 1.807) is 0 Å². The van der Waals surface area contributed by atoms with E-state index in [4.69, 9.17) is 9.72 Å². The van der Waals surface area contributed by atoms with Crippen molar-refractivity contribution in [2.45, 2.75) is 51.7 Å². The summed E-state index contributed by atoms with van der Waals surface area (Å²) >= 11 is 0. The SMILES string of the molecule is CC1CCc2nc(C3CCCCO3)cn2C1. The Kier molecular flexibility index (Phi) is 2.72. The van der Waals surface area contributed by atoms with Crippen LogP contribution in [-0.4, -0.2) is 16.2 Å². The van der Waals surface area contributed by atoms with Gasteiger partial charge in [-0.05, 0) is 31.6 Å². The smallest absolute Gasteiger partial charge is 0.109 e. The number of imidazole rings is 1. The highest BCUT2D eigenvalue weighted by molar-refractivity contribution is 5.10. The Morgan fingerprint density at radius 1 is 1.38 bits per heavy atom. The molecule has 1 aromatic heterocycles. The zero-order valence-corrected chi connectivity index (χ0v) is 9.98. The highest BCUT2D eigenvalue weighted by atomic mass is 16.5. The molecule has 0 aromatic carbocycles. The minimum atomic E-state index is 0.266. The lowest BCUT2D eigenvalue weighted by molar-refractivity contribution is 0.0124. The predicted octanol–water partition coefficient (Wildman–Crippen LogP) is 2.71. The van der Waals surface area contributed by atoms with Crippen LogP contribution in [0.4, 0.5) is 0 Å². The number of hydrogen-bond acceptors (Lipinski definition) is 2. The second-order valence-electron chi connectivity index (χ2n) is 5.23. The minimum Gasteiger partial charge on any atom is -0.372 e. The molecular formula is C13H20N2O. The van der Waals surface area contributed by atoms with Crippen LogP contribution in [0.15, 0.2) is 6.20 Å². The molecule has 3 nitrogen and oxygen atoms in total. The van der Waals surface area contributed by atoms with Gasteiger partial charge in [-0.1, -0.05) is 6.92 Å². The molecule has 1 aromatic rings. The molecule has 3 rings (SSSR count). The lowest BCUT2D eigenvalue weighted by Gasteiger charge is -2.20. The molecule has 2 unspecified atom stereocenters. The van der Waals surface area contributed by atoms with Gasteiger partial charge in [0.05, 0.1) is 5.69 Å². The second-order valence-corrected chi connectivity index (χ2v) is 5.23. The van der Waals surface area contributed by atoms with Crippen molar-refractivity contribution < 1.29 is 4.74 Å². The van der Waals surface area contributed by atoms with Crippen molar-refractivity contribution >= 4 is 0 Å². The highest BCUT2D eigenvalue weighted by Crippen LogP contribution is 2.29. The number of rotatable bonds is 1. The summed E-state index contributed by atoms with van der Waals surface area (Å²) in [5, 5.41) is 0. The van der Waals surface area contributed by atoms with Crippen molar-refractivity contribution in [3.8, 4) is 0 Å². The van der Waals surface area contributed by atoms with E-state index in [0.717, 1.165) is 31.9 Å². The number of ether oxygens (including phenoxy) is 1. The van der Waals surface area contributed by atoms with E-state index in [-0.39, 0.29) is 6.10 Å². The third-order valence-electron chi connectivity index (χ3n) is 3.76. The first-order chi connectivity index (χ1) is 7.83.